The molecule has 1 amide bonds. The molecule has 0 unspecified atom stereocenters. The van der Waals surface area contributed by atoms with Gasteiger partial charge in [0, 0.05) is 11.6 Å². The fourth-order valence-corrected chi connectivity index (χ4v) is 2.27. The van der Waals surface area contributed by atoms with Crippen LogP contribution in [0.1, 0.15) is 21.7 Å². The molecule has 132 valence electrons. The fraction of sp³-hybridized carbons (Fsp3) is 0.150. The quantitative estimate of drug-likeness (QED) is 0.691. The maximum Gasteiger partial charge on any atom is 0.325 e. The van der Waals surface area contributed by atoms with E-state index in [1.807, 2.05) is 61.5 Å². The van der Waals surface area contributed by atoms with Crippen molar-refractivity contribution in [3.63, 3.8) is 0 Å². The molecule has 2 aromatic carbocycles. The van der Waals surface area contributed by atoms with Crippen molar-refractivity contribution in [1.82, 2.24) is 10.5 Å². The molecule has 26 heavy (non-hydrogen) atoms. The summed E-state index contributed by atoms with van der Waals surface area (Å²) in [5.41, 5.74) is 3.41. The topological polar surface area (TPSA) is 81.4 Å². The second-order valence-corrected chi connectivity index (χ2v) is 5.77. The van der Waals surface area contributed by atoms with Gasteiger partial charge in [0.05, 0.1) is 0 Å². The fourth-order valence-electron chi connectivity index (χ4n) is 2.27. The van der Waals surface area contributed by atoms with E-state index < -0.39 is 11.9 Å². The molecule has 0 aliphatic heterocycles. The van der Waals surface area contributed by atoms with E-state index >= 15 is 0 Å². The number of hydrogen-bond acceptors (Lipinski definition) is 5. The van der Waals surface area contributed by atoms with E-state index in [-0.39, 0.29) is 18.9 Å². The Labute approximate surface area is 150 Å². The maximum atomic E-state index is 12.1. The number of nitrogens with zero attached hydrogens (tertiary/aromatic N) is 1. The second kappa shape index (κ2) is 8.11. The average Bonchev–Trinajstić information content (AvgIpc) is 3.16. The lowest BCUT2D eigenvalue weighted by Crippen LogP contribution is -2.30. The molecule has 1 heterocycles. The van der Waals surface area contributed by atoms with E-state index in [9.17, 15) is 9.59 Å². The summed E-state index contributed by atoms with van der Waals surface area (Å²) < 4.78 is 10.2. The summed E-state index contributed by atoms with van der Waals surface area (Å²) in [7, 11) is 0. The molecule has 0 bridgehead atoms. The molecule has 0 atom stereocenters. The average molecular weight is 350 g/mol. The predicted octanol–water partition coefficient (Wildman–Crippen LogP) is 3.12. The maximum absolute atomic E-state index is 12.1. The van der Waals surface area contributed by atoms with Crippen LogP contribution in [0.15, 0.2) is 65.2 Å². The highest BCUT2D eigenvalue weighted by atomic mass is 16.5. The van der Waals surface area contributed by atoms with Gasteiger partial charge in [0.1, 0.15) is 18.8 Å². The van der Waals surface area contributed by atoms with E-state index in [2.05, 4.69) is 10.5 Å². The van der Waals surface area contributed by atoms with E-state index in [1.54, 1.807) is 0 Å². The lowest BCUT2D eigenvalue weighted by Gasteiger charge is -2.05. The summed E-state index contributed by atoms with van der Waals surface area (Å²) in [6, 6.07) is 18.6. The Bertz CT molecular complexity index is 886. The third-order valence-electron chi connectivity index (χ3n) is 3.72. The SMILES string of the molecule is Cc1ccc(-c2cc(C(=O)NCC(=O)OCc3ccccc3)on2)cc1. The first-order chi connectivity index (χ1) is 12.6. The zero-order chi connectivity index (χ0) is 18.4. The third-order valence-corrected chi connectivity index (χ3v) is 3.72. The third kappa shape index (κ3) is 4.57. The van der Waals surface area contributed by atoms with Crippen molar-refractivity contribution in [3.05, 3.63) is 77.6 Å². The van der Waals surface area contributed by atoms with Crippen LogP contribution in [0.25, 0.3) is 11.3 Å². The number of aromatic nitrogens is 1. The summed E-state index contributed by atoms with van der Waals surface area (Å²) >= 11 is 0. The van der Waals surface area contributed by atoms with Crippen LogP contribution in [0.4, 0.5) is 0 Å². The normalized spacial score (nSPS) is 10.3. The molecule has 0 spiro atoms. The van der Waals surface area contributed by atoms with Gasteiger partial charge in [-0.2, -0.15) is 0 Å². The van der Waals surface area contributed by atoms with Gasteiger partial charge in [-0.15, -0.1) is 0 Å². The number of esters is 1. The van der Waals surface area contributed by atoms with Crippen molar-refractivity contribution in [3.8, 4) is 11.3 Å². The van der Waals surface area contributed by atoms with Crippen LogP contribution in [0, 0.1) is 6.92 Å². The highest BCUT2D eigenvalue weighted by Crippen LogP contribution is 2.19. The minimum absolute atomic E-state index is 0.0384. The summed E-state index contributed by atoms with van der Waals surface area (Å²) in [6.07, 6.45) is 0. The molecule has 6 nitrogen and oxygen atoms in total. The van der Waals surface area contributed by atoms with Gasteiger partial charge in [-0.25, -0.2) is 0 Å². The molecule has 0 fully saturated rings. The molecule has 0 saturated heterocycles. The Kier molecular flexibility index (Phi) is 5.43. The summed E-state index contributed by atoms with van der Waals surface area (Å²) in [5.74, 6) is -1.01. The van der Waals surface area contributed by atoms with Gasteiger partial charge in [-0.1, -0.05) is 65.3 Å². The molecule has 6 heteroatoms. The van der Waals surface area contributed by atoms with Crippen LogP contribution in [-0.2, 0) is 16.1 Å². The Morgan fingerprint density at radius 3 is 2.54 bits per heavy atom. The van der Waals surface area contributed by atoms with Crippen molar-refractivity contribution >= 4 is 11.9 Å². The summed E-state index contributed by atoms with van der Waals surface area (Å²) in [5, 5.41) is 6.35. The lowest BCUT2D eigenvalue weighted by atomic mass is 10.1. The molecule has 3 aromatic rings. The molecule has 1 aromatic heterocycles. The first-order valence-corrected chi connectivity index (χ1v) is 8.13. The number of benzene rings is 2. The molecular weight excluding hydrogens is 332 g/mol. The molecular formula is C20H18N2O4. The minimum atomic E-state index is -0.527. The van der Waals surface area contributed by atoms with Gasteiger partial charge in [-0.05, 0) is 12.5 Å². The largest absolute Gasteiger partial charge is 0.460 e. The van der Waals surface area contributed by atoms with Crippen LogP contribution >= 0.6 is 0 Å². The lowest BCUT2D eigenvalue weighted by molar-refractivity contribution is -0.143. The predicted molar refractivity (Wildman–Crippen MR) is 95.2 cm³/mol. The van der Waals surface area contributed by atoms with Crippen molar-refractivity contribution < 1.29 is 18.8 Å². The van der Waals surface area contributed by atoms with Crippen LogP contribution in [0.3, 0.4) is 0 Å². The summed E-state index contributed by atoms with van der Waals surface area (Å²) in [4.78, 5) is 23.8. The second-order valence-electron chi connectivity index (χ2n) is 5.77. The standard InChI is InChI=1S/C20H18N2O4/c1-14-7-9-16(10-8-14)17-11-18(26-22-17)20(24)21-12-19(23)25-13-15-5-3-2-4-6-15/h2-11H,12-13H2,1H3,(H,21,24). The van der Waals surface area contributed by atoms with Crippen LogP contribution < -0.4 is 5.32 Å². The monoisotopic (exact) mass is 350 g/mol. The Balaban J connectivity index is 1.50. The van der Waals surface area contributed by atoms with E-state index in [1.165, 1.54) is 6.07 Å². The van der Waals surface area contributed by atoms with E-state index in [0.717, 1.165) is 16.7 Å². The molecule has 0 saturated carbocycles. The van der Waals surface area contributed by atoms with Crippen LogP contribution in [0.2, 0.25) is 0 Å². The highest BCUT2D eigenvalue weighted by molar-refractivity contribution is 5.94. The van der Waals surface area contributed by atoms with Crippen LogP contribution in [-0.4, -0.2) is 23.6 Å². The van der Waals surface area contributed by atoms with Crippen molar-refractivity contribution in [1.29, 1.82) is 0 Å². The smallest absolute Gasteiger partial charge is 0.325 e. The Morgan fingerprint density at radius 2 is 1.81 bits per heavy atom. The number of aryl methyl sites for hydroxylation is 1. The number of ether oxygens (including phenoxy) is 1. The van der Waals surface area contributed by atoms with Crippen molar-refractivity contribution in [2.45, 2.75) is 13.5 Å². The van der Waals surface area contributed by atoms with E-state index in [0.29, 0.717) is 5.69 Å². The van der Waals surface area contributed by atoms with Gasteiger partial charge < -0.3 is 14.6 Å². The number of nitrogens with one attached hydrogen (secondary N) is 1. The summed E-state index contributed by atoms with van der Waals surface area (Å²) in [6.45, 7) is 1.91. The van der Waals surface area contributed by atoms with Crippen molar-refractivity contribution in [2.24, 2.45) is 0 Å². The zero-order valence-electron chi connectivity index (χ0n) is 14.3. The van der Waals surface area contributed by atoms with Gasteiger partial charge >= 0.3 is 5.97 Å². The van der Waals surface area contributed by atoms with Gasteiger partial charge in [0.2, 0.25) is 5.76 Å². The van der Waals surface area contributed by atoms with Gasteiger partial charge in [-0.3, -0.25) is 9.59 Å². The molecule has 0 aliphatic carbocycles. The number of hydrogen-bond donors (Lipinski definition) is 1. The molecule has 1 N–H and O–H groups in total. The molecule has 0 aliphatic rings. The van der Waals surface area contributed by atoms with Crippen molar-refractivity contribution in [2.75, 3.05) is 6.54 Å². The van der Waals surface area contributed by atoms with Gasteiger partial charge in [0.15, 0.2) is 0 Å². The number of carbonyl (C=O) groups is 2. The zero-order valence-corrected chi connectivity index (χ0v) is 14.3. The minimum Gasteiger partial charge on any atom is -0.460 e. The van der Waals surface area contributed by atoms with Gasteiger partial charge in [0.25, 0.3) is 5.91 Å². The number of carbonyl (C=O) groups excluding carboxylic acids is 2. The van der Waals surface area contributed by atoms with Crippen LogP contribution in [0.5, 0.6) is 0 Å². The number of amides is 1. The Hall–Kier alpha value is -3.41. The van der Waals surface area contributed by atoms with E-state index in [4.69, 9.17) is 9.26 Å². The Morgan fingerprint density at radius 1 is 1.08 bits per heavy atom. The highest BCUT2D eigenvalue weighted by Gasteiger charge is 2.15. The first-order valence-electron chi connectivity index (χ1n) is 8.13. The number of rotatable bonds is 6. The first kappa shape index (κ1) is 17.4. The molecule has 3 rings (SSSR count). The molecule has 0 radical (unpaired) electrons.